The number of likely N-dealkylation sites (N-methyl/N-ethyl adjacent to an activating group) is 1. The summed E-state index contributed by atoms with van der Waals surface area (Å²) in [5.74, 6) is -2.50. The summed E-state index contributed by atoms with van der Waals surface area (Å²) in [6, 6.07) is 0. The third-order valence-corrected chi connectivity index (χ3v) is 3.72. The highest BCUT2D eigenvalue weighted by molar-refractivity contribution is 7.45. The average molecular weight is 527 g/mol. The Hall–Kier alpha value is -0.500. The normalized spacial score (nSPS) is 35.1. The molecular weight excluding hydrogens is 445 g/mol. The Balaban J connectivity index is 7.06. The Labute approximate surface area is 245 Å². The van der Waals surface area contributed by atoms with E-state index in [0.717, 1.165) is 0 Å². The number of nitrogens with zero attached hydrogens (tertiary/aromatic N) is 1. The monoisotopic (exact) mass is 527 g/mol. The first kappa shape index (κ1) is 8.26. The fourth-order valence-electron chi connectivity index (χ4n) is 1.32. The van der Waals surface area contributed by atoms with Crippen molar-refractivity contribution in [2.24, 2.45) is 0 Å². The summed E-state index contributed by atoms with van der Waals surface area (Å²) in [6.07, 6.45) is -71.7. The second-order valence-corrected chi connectivity index (χ2v) is 8.00. The van der Waals surface area contributed by atoms with Crippen LogP contribution in [0.25, 0.3) is 0 Å². The molecule has 0 bridgehead atoms. The van der Waals surface area contributed by atoms with E-state index in [-0.39, 0.29) is 17.6 Å². The van der Waals surface area contributed by atoms with Crippen LogP contribution in [0.3, 0.4) is 0 Å². The van der Waals surface area contributed by atoms with Gasteiger partial charge in [-0.05, 0) is 6.37 Å². The van der Waals surface area contributed by atoms with Gasteiger partial charge in [-0.3, -0.25) is 9.36 Å². The Morgan fingerprint density at radius 3 is 1.97 bits per heavy atom. The van der Waals surface area contributed by atoms with Gasteiger partial charge in [0.25, 0.3) is 7.82 Å². The number of esters is 1. The van der Waals surface area contributed by atoms with Crippen molar-refractivity contribution in [2.75, 3.05) is 47.5 Å². The minimum atomic E-state index is -5.22. The van der Waals surface area contributed by atoms with E-state index in [4.69, 9.17) is 42.5 Å². The van der Waals surface area contributed by atoms with Crippen LogP contribution in [0.5, 0.6) is 0 Å². The summed E-state index contributed by atoms with van der Waals surface area (Å²) in [7, 11) is -0.0375. The topological polar surface area (TPSA) is 105 Å². The fourth-order valence-corrected chi connectivity index (χ4v) is 2.06. The molecule has 2 atom stereocenters. The molecule has 0 saturated carbocycles. The molecule has 0 amide bonds. The molecule has 1 N–H and O–H groups in total. The predicted molar refractivity (Wildman–Crippen MR) is 130 cm³/mol. The largest absolute Gasteiger partial charge is 0.756 e. The van der Waals surface area contributed by atoms with Crippen LogP contribution in [0.15, 0.2) is 0 Å². The van der Waals surface area contributed by atoms with Crippen LogP contribution in [-0.4, -0.2) is 69.2 Å². The van der Waals surface area contributed by atoms with Gasteiger partial charge in [-0.25, -0.2) is 0 Å². The first-order valence-electron chi connectivity index (χ1n) is 24.5. The van der Waals surface area contributed by atoms with Crippen LogP contribution < -0.4 is 4.89 Å². The zero-order valence-electron chi connectivity index (χ0n) is 49.2. The van der Waals surface area contributed by atoms with E-state index in [2.05, 4.69) is 13.8 Å². The quantitative estimate of drug-likeness (QED) is 0.118. The molecule has 0 aliphatic carbocycles. The molecule has 0 saturated heterocycles. The van der Waals surface area contributed by atoms with Crippen molar-refractivity contribution < 1.29 is 80.1 Å². The molecule has 1 unspecified atom stereocenters. The lowest BCUT2D eigenvalue weighted by Gasteiger charge is -2.27. The van der Waals surface area contributed by atoms with Gasteiger partial charge in [0, 0.05) is 48.9 Å². The summed E-state index contributed by atoms with van der Waals surface area (Å²) in [5, 5.41) is 10.0. The highest BCUT2D eigenvalue weighted by Crippen LogP contribution is 2.38. The Kier molecular flexibility index (Phi) is 4.95. The first-order chi connectivity index (χ1) is 27.2. The van der Waals surface area contributed by atoms with Crippen LogP contribution in [0.1, 0.15) is 139 Å². The number of carbonyl (C=O) groups excluding carboxylic acids is 1. The van der Waals surface area contributed by atoms with E-state index in [1.54, 1.807) is 21.1 Å². The number of hydrogen-bond acceptors (Lipinski definition) is 7. The maximum absolute atomic E-state index is 12.8. The molecule has 8 nitrogen and oxygen atoms in total. The molecule has 0 radical (unpaired) electrons. The van der Waals surface area contributed by atoms with Gasteiger partial charge in [0.1, 0.15) is 25.9 Å². The second kappa shape index (κ2) is 19.8. The Morgan fingerprint density at radius 2 is 1.45 bits per heavy atom. The second-order valence-electron chi connectivity index (χ2n) is 6.59. The van der Waals surface area contributed by atoms with Crippen molar-refractivity contribution in [1.29, 1.82) is 0 Å². The summed E-state index contributed by atoms with van der Waals surface area (Å²) in [6.45, 7) is -7.03. The maximum Gasteiger partial charge on any atom is 0.305 e. The lowest BCUT2D eigenvalue weighted by atomic mass is 10.0. The molecule has 0 aromatic heterocycles. The molecule has 0 heterocycles. The number of quaternary nitrogens is 1. The van der Waals surface area contributed by atoms with E-state index in [1.807, 2.05) is 0 Å². The molecular formula is C24H50NO7P. The Bertz CT molecular complexity index is 1710. The first-order valence-corrected chi connectivity index (χ1v) is 10.4. The number of aliphatic hydroxyl groups excluding tert-OH is 1. The van der Waals surface area contributed by atoms with Gasteiger partial charge in [0.2, 0.25) is 0 Å². The zero-order chi connectivity index (χ0) is 52.6. The molecule has 33 heavy (non-hydrogen) atoms. The maximum atomic E-state index is 12.8. The van der Waals surface area contributed by atoms with Crippen molar-refractivity contribution in [3.05, 3.63) is 0 Å². The molecule has 0 aromatic rings. The lowest BCUT2D eigenvalue weighted by Crippen LogP contribution is -2.37. The van der Waals surface area contributed by atoms with Crippen LogP contribution in [0.4, 0.5) is 0 Å². The predicted octanol–water partition coefficient (Wildman–Crippen LogP) is 4.58. The lowest BCUT2D eigenvalue weighted by molar-refractivity contribution is -0.870. The third-order valence-electron chi connectivity index (χ3n) is 2.76. The van der Waals surface area contributed by atoms with Crippen LogP contribution >= 0.6 is 7.82 Å². The number of phosphoric ester groups is 1. The SMILES string of the molecule is [2H]C([2H])([2H])C([2H])([2H])C([2H])([2H])C([2H])([2H])C([2H])([2H])C([2H])([2H])C([2H])([2H])C([2H])([2H])C([2H])([2H])C([2H])([2H])C([2H])([2H])C([2H])([2H])C([2H])([2H])C([2H])([2H])C([2H])([2H])C(=O)OC[C@@H](O)COP(=O)([O-])OCC[N+](C)(C)C. The molecule has 0 aliphatic rings. The van der Waals surface area contributed by atoms with Gasteiger partial charge in [-0.15, -0.1) is 0 Å². The van der Waals surface area contributed by atoms with E-state index < -0.39 is 129 Å². The number of aliphatic hydroxyl groups is 1. The van der Waals surface area contributed by atoms with Crippen LogP contribution in [-0.2, 0) is 23.1 Å². The summed E-state index contributed by atoms with van der Waals surface area (Å²) in [4.78, 5) is 24.7. The number of carbonyl (C=O) groups is 1. The molecule has 0 aromatic carbocycles. The van der Waals surface area contributed by atoms with Crippen molar-refractivity contribution in [3.63, 3.8) is 0 Å². The van der Waals surface area contributed by atoms with Gasteiger partial charge in [0.15, 0.2) is 0 Å². The number of rotatable bonds is 23. The van der Waals surface area contributed by atoms with Gasteiger partial charge in [-0.2, -0.15) is 0 Å². The number of phosphoric acid groups is 1. The molecule has 9 heteroatoms. The smallest absolute Gasteiger partial charge is 0.305 e. The minimum Gasteiger partial charge on any atom is -0.756 e. The number of hydrogen-bond donors (Lipinski definition) is 1. The van der Waals surface area contributed by atoms with Crippen molar-refractivity contribution in [1.82, 2.24) is 0 Å². The fraction of sp³-hybridized carbons (Fsp3) is 0.958. The van der Waals surface area contributed by atoms with E-state index in [1.165, 1.54) is 0 Å². The number of ether oxygens (including phenoxy) is 1. The molecule has 0 aliphatic heterocycles. The van der Waals surface area contributed by atoms with Gasteiger partial charge in [-0.1, -0.05) is 83.3 Å². The highest BCUT2D eigenvalue weighted by Gasteiger charge is 2.16. The Morgan fingerprint density at radius 1 is 0.939 bits per heavy atom. The third kappa shape index (κ3) is 24.4. The van der Waals surface area contributed by atoms with Crippen LogP contribution in [0, 0.1) is 0 Å². The van der Waals surface area contributed by atoms with Crippen molar-refractivity contribution in [3.8, 4) is 0 Å². The molecule has 0 spiro atoms. The molecule has 0 fully saturated rings. The van der Waals surface area contributed by atoms with E-state index in [9.17, 15) is 19.4 Å². The summed E-state index contributed by atoms with van der Waals surface area (Å²) < 4.78 is 275. The summed E-state index contributed by atoms with van der Waals surface area (Å²) in [5.41, 5.74) is 0. The van der Waals surface area contributed by atoms with Crippen molar-refractivity contribution in [2.45, 2.75) is 102 Å². The van der Waals surface area contributed by atoms with Gasteiger partial charge < -0.3 is 28.3 Å². The molecule has 0 rings (SSSR count). The van der Waals surface area contributed by atoms with E-state index in [0.29, 0.717) is 0 Å². The zero-order valence-corrected chi connectivity index (χ0v) is 19.1. The standard InChI is InChI=1S/C24H50NO7P/c1-5-6-7-8-9-10-11-12-13-14-15-16-17-18-24(27)30-21-23(26)22-32-33(28,29)31-20-19-25(2,3)4/h23,26H,5-22H2,1-4H3/t23-/m1/s1/i1D3,5D2,6D2,7D2,8D2,9D2,10D2,11D2,12D2,13D2,14D2,15D2,16D2,17D2,18D2. The average Bonchev–Trinajstić information content (AvgIpc) is 3.07. The van der Waals surface area contributed by atoms with Crippen molar-refractivity contribution >= 4 is 13.8 Å². The van der Waals surface area contributed by atoms with Gasteiger partial charge in [0.05, 0.1) is 27.7 Å². The van der Waals surface area contributed by atoms with Crippen LogP contribution in [0.2, 0.25) is 0 Å². The highest BCUT2D eigenvalue weighted by atomic mass is 31.2. The molecule has 198 valence electrons. The minimum absolute atomic E-state index is 0.160. The van der Waals surface area contributed by atoms with Gasteiger partial charge >= 0.3 is 5.97 Å². The summed E-state index contributed by atoms with van der Waals surface area (Å²) >= 11 is 0. The van der Waals surface area contributed by atoms with E-state index >= 15 is 0 Å².